The van der Waals surface area contributed by atoms with E-state index in [-0.39, 0.29) is 5.91 Å². The molecule has 1 atom stereocenters. The molecule has 0 saturated carbocycles. The zero-order chi connectivity index (χ0) is 18.6. The van der Waals surface area contributed by atoms with Crippen LogP contribution in [-0.4, -0.2) is 47.5 Å². The third kappa shape index (κ3) is 4.26. The van der Waals surface area contributed by atoms with Crippen molar-refractivity contribution in [2.24, 2.45) is 5.41 Å². The summed E-state index contributed by atoms with van der Waals surface area (Å²) in [6, 6.07) is 5.85. The zero-order valence-corrected chi connectivity index (χ0v) is 14.7. The normalized spacial score (nSPS) is 19.6. The summed E-state index contributed by atoms with van der Waals surface area (Å²) in [4.78, 5) is 37.0. The number of rotatable bonds is 4. The predicted molar refractivity (Wildman–Crippen MR) is 93.0 cm³/mol. The Kier molecular flexibility index (Phi) is 5.62. The van der Waals surface area contributed by atoms with Gasteiger partial charge in [0.25, 0.3) is 5.91 Å². The van der Waals surface area contributed by atoms with Gasteiger partial charge in [0, 0.05) is 18.2 Å². The van der Waals surface area contributed by atoms with Crippen LogP contribution in [0.2, 0.25) is 0 Å². The van der Waals surface area contributed by atoms with Crippen LogP contribution < -0.4 is 0 Å². The second kappa shape index (κ2) is 7.51. The van der Waals surface area contributed by atoms with Gasteiger partial charge in [0.05, 0.1) is 7.11 Å². The number of carbonyl (C=O) groups excluding carboxylic acids is 2. The van der Waals surface area contributed by atoms with Crippen molar-refractivity contribution in [3.8, 4) is 0 Å². The highest BCUT2D eigenvalue weighted by Gasteiger charge is 2.44. The summed E-state index contributed by atoms with van der Waals surface area (Å²) in [7, 11) is 1.30. The van der Waals surface area contributed by atoms with Crippen LogP contribution in [0.3, 0.4) is 0 Å². The molecule has 0 spiro atoms. The summed E-state index contributed by atoms with van der Waals surface area (Å²) in [5, 5.41) is 9.58. The molecule has 1 saturated heterocycles. The van der Waals surface area contributed by atoms with Crippen molar-refractivity contribution in [1.29, 1.82) is 0 Å². The van der Waals surface area contributed by atoms with E-state index >= 15 is 0 Å². The quantitative estimate of drug-likeness (QED) is 0.670. The number of amides is 1. The van der Waals surface area contributed by atoms with Crippen LogP contribution in [0.1, 0.15) is 42.6 Å². The first-order valence-corrected chi connectivity index (χ1v) is 8.16. The molecule has 1 aromatic carbocycles. The van der Waals surface area contributed by atoms with Crippen molar-refractivity contribution < 1.29 is 24.2 Å². The van der Waals surface area contributed by atoms with Crippen LogP contribution in [0, 0.1) is 5.41 Å². The minimum atomic E-state index is -0.976. The zero-order valence-electron chi connectivity index (χ0n) is 14.7. The average Bonchev–Trinajstić information content (AvgIpc) is 2.58. The van der Waals surface area contributed by atoms with E-state index < -0.39 is 23.4 Å². The maximum absolute atomic E-state index is 12.8. The van der Waals surface area contributed by atoms with Gasteiger partial charge in [-0.2, -0.15) is 0 Å². The number of likely N-dealkylation sites (tertiary alicyclic amines) is 1. The van der Waals surface area contributed by atoms with E-state index in [4.69, 9.17) is 0 Å². The number of carbonyl (C=O) groups is 3. The first kappa shape index (κ1) is 18.7. The van der Waals surface area contributed by atoms with Gasteiger partial charge in [-0.25, -0.2) is 9.59 Å². The molecule has 0 bridgehead atoms. The van der Waals surface area contributed by atoms with E-state index in [0.717, 1.165) is 18.4 Å². The van der Waals surface area contributed by atoms with Crippen LogP contribution in [0.4, 0.5) is 0 Å². The number of nitrogens with zero attached hydrogens (tertiary/aromatic N) is 1. The Morgan fingerprint density at radius 2 is 1.88 bits per heavy atom. The number of carboxylic acids is 1. The number of ether oxygens (including phenoxy) is 1. The van der Waals surface area contributed by atoms with Gasteiger partial charge >= 0.3 is 11.9 Å². The lowest BCUT2D eigenvalue weighted by Gasteiger charge is -2.44. The molecule has 0 aliphatic carbocycles. The Morgan fingerprint density at radius 1 is 1.24 bits per heavy atom. The number of carboxylic acid groups (broad SMARTS) is 1. The minimum Gasteiger partial charge on any atom is -0.480 e. The number of benzene rings is 1. The number of hydrogen-bond acceptors (Lipinski definition) is 4. The molecule has 1 heterocycles. The standard InChI is InChI=1S/C19H23NO5/c1-19(2)11-4-12-20(16(19)18(23)24)17(22)14-8-5-13(6-9-14)7-10-15(21)25-3/h5-10,16H,4,11-12H2,1-3H3,(H,23,24)/b10-7+. The van der Waals surface area contributed by atoms with Crippen LogP contribution in [0.15, 0.2) is 30.3 Å². The van der Waals surface area contributed by atoms with Gasteiger partial charge in [-0.1, -0.05) is 26.0 Å². The van der Waals surface area contributed by atoms with Gasteiger partial charge in [-0.15, -0.1) is 0 Å². The summed E-state index contributed by atoms with van der Waals surface area (Å²) < 4.78 is 4.52. The lowest BCUT2D eigenvalue weighted by atomic mass is 9.76. The molecular weight excluding hydrogens is 322 g/mol. The molecule has 2 rings (SSSR count). The highest BCUT2D eigenvalue weighted by Crippen LogP contribution is 2.36. The Hall–Kier alpha value is -2.63. The Morgan fingerprint density at radius 3 is 2.44 bits per heavy atom. The van der Waals surface area contributed by atoms with Crippen molar-refractivity contribution in [1.82, 2.24) is 4.90 Å². The monoisotopic (exact) mass is 345 g/mol. The first-order valence-electron chi connectivity index (χ1n) is 8.16. The van der Waals surface area contributed by atoms with Gasteiger partial charge in [0.1, 0.15) is 6.04 Å². The summed E-state index contributed by atoms with van der Waals surface area (Å²) in [6.45, 7) is 4.20. The number of esters is 1. The molecule has 134 valence electrons. The average molecular weight is 345 g/mol. The van der Waals surface area contributed by atoms with Crippen LogP contribution >= 0.6 is 0 Å². The van der Waals surface area contributed by atoms with Crippen molar-refractivity contribution in [2.45, 2.75) is 32.7 Å². The molecule has 25 heavy (non-hydrogen) atoms. The third-order valence-corrected chi connectivity index (χ3v) is 4.54. The Bertz CT molecular complexity index is 690. The predicted octanol–water partition coefficient (Wildman–Crippen LogP) is 2.59. The summed E-state index contributed by atoms with van der Waals surface area (Å²) >= 11 is 0. The molecule has 1 aliphatic heterocycles. The fourth-order valence-corrected chi connectivity index (χ4v) is 3.21. The Labute approximate surface area is 147 Å². The summed E-state index contributed by atoms with van der Waals surface area (Å²) in [5.41, 5.74) is 0.707. The first-order chi connectivity index (χ1) is 11.8. The van der Waals surface area contributed by atoms with Crippen LogP contribution in [0.5, 0.6) is 0 Å². The molecule has 1 unspecified atom stereocenters. The van der Waals surface area contributed by atoms with E-state index in [1.54, 1.807) is 30.3 Å². The summed E-state index contributed by atoms with van der Waals surface area (Å²) in [5.74, 6) is -1.72. The van der Waals surface area contributed by atoms with Crippen molar-refractivity contribution in [3.63, 3.8) is 0 Å². The molecule has 1 amide bonds. The Balaban J connectivity index is 2.20. The second-order valence-corrected chi connectivity index (χ2v) is 6.81. The lowest BCUT2D eigenvalue weighted by Crippen LogP contribution is -2.56. The third-order valence-electron chi connectivity index (χ3n) is 4.54. The van der Waals surface area contributed by atoms with Gasteiger partial charge < -0.3 is 14.7 Å². The van der Waals surface area contributed by atoms with Crippen molar-refractivity contribution >= 4 is 23.9 Å². The van der Waals surface area contributed by atoms with Gasteiger partial charge in [-0.3, -0.25) is 4.79 Å². The fourth-order valence-electron chi connectivity index (χ4n) is 3.21. The van der Waals surface area contributed by atoms with Gasteiger partial charge in [-0.05, 0) is 42.0 Å². The van der Waals surface area contributed by atoms with Gasteiger partial charge in [0.2, 0.25) is 0 Å². The number of hydrogen-bond donors (Lipinski definition) is 1. The number of methoxy groups -OCH3 is 1. The molecule has 1 fully saturated rings. The topological polar surface area (TPSA) is 83.9 Å². The van der Waals surface area contributed by atoms with Crippen LogP contribution in [-0.2, 0) is 14.3 Å². The number of aliphatic carboxylic acids is 1. The highest BCUT2D eigenvalue weighted by atomic mass is 16.5. The maximum Gasteiger partial charge on any atom is 0.330 e. The maximum atomic E-state index is 12.8. The largest absolute Gasteiger partial charge is 0.480 e. The molecule has 1 N–H and O–H groups in total. The molecule has 1 aromatic rings. The van der Waals surface area contributed by atoms with E-state index in [9.17, 15) is 19.5 Å². The minimum absolute atomic E-state index is 0.288. The second-order valence-electron chi connectivity index (χ2n) is 6.81. The molecule has 6 nitrogen and oxygen atoms in total. The smallest absolute Gasteiger partial charge is 0.330 e. The van der Waals surface area contributed by atoms with E-state index in [1.807, 2.05) is 13.8 Å². The lowest BCUT2D eigenvalue weighted by molar-refractivity contribution is -0.148. The molecule has 0 aromatic heterocycles. The summed E-state index contributed by atoms with van der Waals surface area (Å²) in [6.07, 6.45) is 4.43. The molecule has 1 aliphatic rings. The highest BCUT2D eigenvalue weighted by molar-refractivity contribution is 5.97. The molecular formula is C19H23NO5. The SMILES string of the molecule is COC(=O)/C=C/c1ccc(C(=O)N2CCCC(C)(C)C2C(=O)O)cc1. The number of piperidine rings is 1. The van der Waals surface area contributed by atoms with E-state index in [1.165, 1.54) is 18.1 Å². The van der Waals surface area contributed by atoms with E-state index in [2.05, 4.69) is 4.74 Å². The molecule has 0 radical (unpaired) electrons. The van der Waals surface area contributed by atoms with Crippen LogP contribution in [0.25, 0.3) is 6.08 Å². The van der Waals surface area contributed by atoms with Gasteiger partial charge in [0.15, 0.2) is 0 Å². The molecule has 6 heteroatoms. The fraction of sp³-hybridized carbons (Fsp3) is 0.421. The van der Waals surface area contributed by atoms with E-state index in [0.29, 0.717) is 12.1 Å². The van der Waals surface area contributed by atoms with Crippen molar-refractivity contribution in [2.75, 3.05) is 13.7 Å². The van der Waals surface area contributed by atoms with Crippen molar-refractivity contribution in [3.05, 3.63) is 41.5 Å².